The van der Waals surface area contributed by atoms with Crippen LogP contribution >= 0.6 is 11.9 Å². The molecule has 3 heterocycles. The fourth-order valence-electron chi connectivity index (χ4n) is 2.84. The number of aromatic hydroxyl groups is 1. The van der Waals surface area contributed by atoms with Crippen LogP contribution in [0, 0.1) is 5.82 Å². The van der Waals surface area contributed by atoms with E-state index >= 15 is 0 Å². The average Bonchev–Trinajstić information content (AvgIpc) is 2.71. The van der Waals surface area contributed by atoms with E-state index in [1.165, 1.54) is 29.0 Å². The van der Waals surface area contributed by atoms with Crippen LogP contribution in [0.4, 0.5) is 9.18 Å². The zero-order valence-corrected chi connectivity index (χ0v) is 14.8. The molecule has 1 fully saturated rings. The molecule has 7 nitrogen and oxygen atoms in total. The van der Waals surface area contributed by atoms with Crippen LogP contribution in [0.5, 0.6) is 5.75 Å². The maximum atomic E-state index is 13.6. The maximum absolute atomic E-state index is 13.6. The number of benzene rings is 1. The number of nitrogens with one attached hydrogen (secondary N) is 1. The second kappa shape index (κ2) is 7.28. The van der Waals surface area contributed by atoms with Crippen molar-refractivity contribution in [1.82, 2.24) is 14.7 Å². The number of carbonyl (C=O) groups excluding carboxylic acids is 1. The molecule has 0 aliphatic carbocycles. The number of hydrogen-bond acceptors (Lipinski definition) is 7. The first-order valence-electron chi connectivity index (χ1n) is 8.20. The highest BCUT2D eigenvalue weighted by atomic mass is 32.2. The standard InChI is InChI=1S/C18H15FN4O3S/c19-13-9-12(1-2-15(13)24)16-5-8-23(18(25)26-16)17-10-14(21-22-27-17)11-3-6-20-7-4-11/h1-4,6-7,9-10,16,22,24H,5,8H2. The Bertz CT molecular complexity index is 935. The first-order valence-corrected chi connectivity index (χ1v) is 9.01. The number of halogens is 1. The molecule has 4 rings (SSSR count). The zero-order valence-electron chi connectivity index (χ0n) is 14.0. The van der Waals surface area contributed by atoms with Crippen molar-refractivity contribution in [2.45, 2.75) is 12.5 Å². The lowest BCUT2D eigenvalue weighted by molar-refractivity contribution is 0.0372. The van der Waals surface area contributed by atoms with Crippen molar-refractivity contribution < 1.29 is 19.0 Å². The Balaban J connectivity index is 1.50. The second-order valence-corrected chi connectivity index (χ2v) is 6.74. The first-order chi connectivity index (χ1) is 13.1. The van der Waals surface area contributed by atoms with Gasteiger partial charge in [-0.25, -0.2) is 14.0 Å². The molecule has 0 spiro atoms. The fourth-order valence-corrected chi connectivity index (χ4v) is 3.53. The van der Waals surface area contributed by atoms with E-state index in [0.717, 1.165) is 5.56 Å². The number of hydrogen-bond donors (Lipinski definition) is 2. The highest BCUT2D eigenvalue weighted by molar-refractivity contribution is 8.01. The molecule has 1 amide bonds. The summed E-state index contributed by atoms with van der Waals surface area (Å²) in [6.45, 7) is 0.413. The molecule has 2 N–H and O–H groups in total. The molecule has 1 atom stereocenters. The highest BCUT2D eigenvalue weighted by Gasteiger charge is 2.32. The number of phenolic OH excluding ortho intramolecular Hbond substituents is 1. The molecule has 1 aromatic heterocycles. The summed E-state index contributed by atoms with van der Waals surface area (Å²) in [4.78, 5) is 20.8. The third-order valence-electron chi connectivity index (χ3n) is 4.24. The van der Waals surface area contributed by atoms with Crippen LogP contribution in [0.15, 0.2) is 58.9 Å². The Kier molecular flexibility index (Phi) is 4.68. The van der Waals surface area contributed by atoms with Gasteiger partial charge in [0, 0.05) is 42.9 Å². The van der Waals surface area contributed by atoms with Gasteiger partial charge in [0.05, 0.1) is 5.71 Å². The Labute approximate surface area is 158 Å². The van der Waals surface area contributed by atoms with E-state index in [4.69, 9.17) is 4.74 Å². The molecule has 0 radical (unpaired) electrons. The Morgan fingerprint density at radius 3 is 2.85 bits per heavy atom. The number of pyridine rings is 1. The first kappa shape index (κ1) is 17.3. The van der Waals surface area contributed by atoms with E-state index in [1.807, 2.05) is 12.1 Å². The molecule has 1 saturated heterocycles. The van der Waals surface area contributed by atoms with E-state index < -0.39 is 23.8 Å². The monoisotopic (exact) mass is 386 g/mol. The number of amides is 1. The van der Waals surface area contributed by atoms with E-state index in [-0.39, 0.29) is 0 Å². The number of carbonyl (C=O) groups is 1. The van der Waals surface area contributed by atoms with Crippen molar-refractivity contribution in [2.24, 2.45) is 5.10 Å². The topological polar surface area (TPSA) is 87.1 Å². The van der Waals surface area contributed by atoms with Gasteiger partial charge in [0.25, 0.3) is 0 Å². The normalized spacial score (nSPS) is 19.7. The van der Waals surface area contributed by atoms with Crippen LogP contribution in [-0.4, -0.2) is 33.3 Å². The molecule has 1 unspecified atom stereocenters. The largest absolute Gasteiger partial charge is 0.505 e. The summed E-state index contributed by atoms with van der Waals surface area (Å²) in [7, 11) is 0. The van der Waals surface area contributed by atoms with E-state index in [1.54, 1.807) is 24.5 Å². The molecule has 2 aliphatic rings. The summed E-state index contributed by atoms with van der Waals surface area (Å²) in [5, 5.41) is 14.2. The van der Waals surface area contributed by atoms with E-state index in [2.05, 4.69) is 14.9 Å². The molecule has 138 valence electrons. The fraction of sp³-hybridized carbons (Fsp3) is 0.167. The third kappa shape index (κ3) is 3.59. The molecule has 1 aromatic carbocycles. The second-order valence-electron chi connectivity index (χ2n) is 5.93. The van der Waals surface area contributed by atoms with Crippen LogP contribution in [0.1, 0.15) is 23.7 Å². The minimum Gasteiger partial charge on any atom is -0.505 e. The number of hydrazone groups is 1. The van der Waals surface area contributed by atoms with Crippen molar-refractivity contribution in [3.05, 3.63) is 70.8 Å². The smallest absolute Gasteiger partial charge is 0.415 e. The number of nitrogens with zero attached hydrogens (tertiary/aromatic N) is 3. The van der Waals surface area contributed by atoms with Crippen LogP contribution in [-0.2, 0) is 4.74 Å². The van der Waals surface area contributed by atoms with Crippen LogP contribution in [0.3, 0.4) is 0 Å². The number of allylic oxidation sites excluding steroid dienone is 1. The van der Waals surface area contributed by atoms with Gasteiger partial charge in [0.2, 0.25) is 0 Å². The van der Waals surface area contributed by atoms with Gasteiger partial charge in [-0.3, -0.25) is 9.88 Å². The third-order valence-corrected chi connectivity index (χ3v) is 4.97. The Morgan fingerprint density at radius 1 is 1.30 bits per heavy atom. The van der Waals surface area contributed by atoms with Crippen LogP contribution in [0.2, 0.25) is 0 Å². The van der Waals surface area contributed by atoms with Gasteiger partial charge >= 0.3 is 6.09 Å². The van der Waals surface area contributed by atoms with E-state index in [0.29, 0.717) is 29.3 Å². The van der Waals surface area contributed by atoms with Gasteiger partial charge in [-0.05, 0) is 35.9 Å². The van der Waals surface area contributed by atoms with Crippen LogP contribution < -0.4 is 4.83 Å². The molecule has 0 bridgehead atoms. The summed E-state index contributed by atoms with van der Waals surface area (Å²) in [5.41, 5.74) is 2.07. The highest BCUT2D eigenvalue weighted by Crippen LogP contribution is 2.33. The maximum Gasteiger partial charge on any atom is 0.415 e. The zero-order chi connectivity index (χ0) is 18.8. The predicted octanol–water partition coefficient (Wildman–Crippen LogP) is 3.31. The number of phenols is 1. The molecule has 9 heteroatoms. The molecule has 2 aliphatic heterocycles. The molecule has 0 saturated carbocycles. The quantitative estimate of drug-likeness (QED) is 0.787. The summed E-state index contributed by atoms with van der Waals surface area (Å²) in [6, 6.07) is 7.65. The minimum absolute atomic E-state index is 0.413. The van der Waals surface area contributed by atoms with Crippen molar-refractivity contribution >= 4 is 23.8 Å². The summed E-state index contributed by atoms with van der Waals surface area (Å²) >= 11 is 1.21. The number of aromatic nitrogens is 1. The van der Waals surface area contributed by atoms with Gasteiger partial charge in [0.15, 0.2) is 11.6 Å². The Hall–Kier alpha value is -3.07. The number of rotatable bonds is 3. The lowest BCUT2D eigenvalue weighted by Gasteiger charge is -2.33. The van der Waals surface area contributed by atoms with Gasteiger partial charge in [0.1, 0.15) is 11.1 Å². The predicted molar refractivity (Wildman–Crippen MR) is 98.2 cm³/mol. The SMILES string of the molecule is O=C1OC(c2ccc(O)c(F)c2)CCN1C1=CC(c2ccncc2)=NNS1. The summed E-state index contributed by atoms with van der Waals surface area (Å²) < 4.78 is 19.0. The summed E-state index contributed by atoms with van der Waals surface area (Å²) in [6.07, 6.45) is 4.57. The van der Waals surface area contributed by atoms with Crippen molar-refractivity contribution in [1.29, 1.82) is 0 Å². The molecular weight excluding hydrogens is 371 g/mol. The van der Waals surface area contributed by atoms with Gasteiger partial charge in [-0.15, -0.1) is 0 Å². The average molecular weight is 386 g/mol. The van der Waals surface area contributed by atoms with Crippen LogP contribution in [0.25, 0.3) is 0 Å². The van der Waals surface area contributed by atoms with Gasteiger partial charge in [-0.1, -0.05) is 6.07 Å². The molecular formula is C18H15FN4O3S. The molecule has 2 aromatic rings. The van der Waals surface area contributed by atoms with Crippen molar-refractivity contribution in [2.75, 3.05) is 6.54 Å². The van der Waals surface area contributed by atoms with E-state index in [9.17, 15) is 14.3 Å². The lowest BCUT2D eigenvalue weighted by Crippen LogP contribution is -2.39. The van der Waals surface area contributed by atoms with Crippen molar-refractivity contribution in [3.8, 4) is 5.75 Å². The number of cyclic esters (lactones) is 1. The number of ether oxygens (including phenoxy) is 1. The molecule has 27 heavy (non-hydrogen) atoms. The Morgan fingerprint density at radius 2 is 2.11 bits per heavy atom. The summed E-state index contributed by atoms with van der Waals surface area (Å²) in [5.74, 6) is -1.17. The van der Waals surface area contributed by atoms with Crippen molar-refractivity contribution in [3.63, 3.8) is 0 Å². The van der Waals surface area contributed by atoms with Gasteiger partial charge < -0.3 is 9.84 Å². The lowest BCUT2D eigenvalue weighted by atomic mass is 10.0. The van der Waals surface area contributed by atoms with Gasteiger partial charge in [-0.2, -0.15) is 5.10 Å². The minimum atomic E-state index is -0.737.